The van der Waals surface area contributed by atoms with Gasteiger partial charge in [0.25, 0.3) is 0 Å². The van der Waals surface area contributed by atoms with Crippen LogP contribution in [0.4, 0.5) is 0 Å². The lowest BCUT2D eigenvalue weighted by Gasteiger charge is -2.40. The Morgan fingerprint density at radius 3 is 1.27 bits per heavy atom. The van der Waals surface area contributed by atoms with E-state index in [4.69, 9.17) is 23.7 Å². The highest BCUT2D eigenvalue weighted by molar-refractivity contribution is 5.74. The second kappa shape index (κ2) is 55.0. The Bertz CT molecular complexity index is 1600. The van der Waals surface area contributed by atoms with Crippen LogP contribution >= 0.6 is 0 Å². The first-order chi connectivity index (χ1) is 38.6. The highest BCUT2D eigenvalue weighted by Crippen LogP contribution is 2.27. The summed E-state index contributed by atoms with van der Waals surface area (Å²) in [5, 5.41) is 31.6. The molecule has 1 fully saturated rings. The Balaban J connectivity index is 2.64. The molecule has 0 aromatic carbocycles. The number of unbranched alkanes of at least 4 members (excludes halogenated alkanes) is 31. The van der Waals surface area contributed by atoms with Crippen LogP contribution < -0.4 is 0 Å². The summed E-state index contributed by atoms with van der Waals surface area (Å²) in [6, 6.07) is 0. The monoisotopic (exact) mass is 1110 g/mol. The molecule has 0 amide bonds. The Hall–Kier alpha value is -3.58. The van der Waals surface area contributed by atoms with E-state index in [0.717, 1.165) is 135 Å². The van der Waals surface area contributed by atoms with Gasteiger partial charge in [0, 0.05) is 19.3 Å². The number of carboxylic acids is 1. The highest BCUT2D eigenvalue weighted by Gasteiger charge is 2.50. The molecule has 0 aliphatic carbocycles. The van der Waals surface area contributed by atoms with Gasteiger partial charge in [0.05, 0.1) is 6.61 Å². The molecule has 1 aliphatic heterocycles. The van der Waals surface area contributed by atoms with Crippen molar-refractivity contribution >= 4 is 23.9 Å². The van der Waals surface area contributed by atoms with Crippen LogP contribution in [-0.4, -0.2) is 89.2 Å². The van der Waals surface area contributed by atoms with E-state index in [2.05, 4.69) is 81.5 Å². The van der Waals surface area contributed by atoms with E-state index in [1.807, 2.05) is 0 Å². The smallest absolute Gasteiger partial charge is 0.335 e. The highest BCUT2D eigenvalue weighted by atomic mass is 16.7. The fraction of sp³-hybridized carbons (Fsp3) is 0.791. The van der Waals surface area contributed by atoms with Gasteiger partial charge in [-0.1, -0.05) is 255 Å². The van der Waals surface area contributed by atoms with Crippen LogP contribution in [0, 0.1) is 0 Å². The predicted molar refractivity (Wildman–Crippen MR) is 322 cm³/mol. The number of esters is 3. The molecule has 0 bridgehead atoms. The lowest BCUT2D eigenvalue weighted by atomic mass is 9.98. The quantitative estimate of drug-likeness (QED) is 0.0228. The molecule has 12 heteroatoms. The largest absolute Gasteiger partial charge is 0.479 e. The summed E-state index contributed by atoms with van der Waals surface area (Å²) in [5.41, 5.74) is 0. The van der Waals surface area contributed by atoms with Crippen LogP contribution in [-0.2, 0) is 42.9 Å². The van der Waals surface area contributed by atoms with E-state index in [9.17, 15) is 34.5 Å². The Morgan fingerprint density at radius 1 is 0.430 bits per heavy atom. The van der Waals surface area contributed by atoms with E-state index in [0.29, 0.717) is 19.3 Å². The number of allylic oxidation sites excluding steroid dienone is 10. The van der Waals surface area contributed by atoms with Crippen molar-refractivity contribution in [3.05, 3.63) is 60.8 Å². The summed E-state index contributed by atoms with van der Waals surface area (Å²) in [6.45, 7) is 5.84. The number of carboxylic acid groups (broad SMARTS) is 1. The molecule has 0 aromatic rings. The molecular formula is C67H116O12. The molecule has 0 aromatic heterocycles. The Kier molecular flexibility index (Phi) is 51.1. The maximum absolute atomic E-state index is 13.2. The van der Waals surface area contributed by atoms with Gasteiger partial charge in [-0.15, -0.1) is 0 Å². The molecule has 6 unspecified atom stereocenters. The number of ether oxygens (including phenoxy) is 5. The van der Waals surface area contributed by atoms with Crippen molar-refractivity contribution in [3.8, 4) is 0 Å². The van der Waals surface area contributed by atoms with Gasteiger partial charge in [-0.05, 0) is 77.0 Å². The van der Waals surface area contributed by atoms with E-state index < -0.39 is 67.3 Å². The number of hydrogen-bond acceptors (Lipinski definition) is 11. The maximum atomic E-state index is 13.2. The molecule has 1 heterocycles. The van der Waals surface area contributed by atoms with Crippen molar-refractivity contribution in [2.24, 2.45) is 0 Å². The fourth-order valence-corrected chi connectivity index (χ4v) is 9.66. The van der Waals surface area contributed by atoms with E-state index in [-0.39, 0.29) is 25.9 Å². The minimum absolute atomic E-state index is 0.0612. The zero-order valence-corrected chi connectivity index (χ0v) is 50.4. The molecule has 3 N–H and O–H groups in total. The van der Waals surface area contributed by atoms with Gasteiger partial charge in [0.2, 0.25) is 0 Å². The molecule has 6 atom stereocenters. The number of aliphatic hydroxyl groups is 2. The molecule has 0 spiro atoms. The first-order valence-electron chi connectivity index (χ1n) is 32.3. The molecule has 12 nitrogen and oxygen atoms in total. The summed E-state index contributed by atoms with van der Waals surface area (Å²) in [6.07, 6.45) is 56.1. The summed E-state index contributed by atoms with van der Waals surface area (Å²) in [5.74, 6) is -3.13. The topological polar surface area (TPSA) is 175 Å². The second-order valence-corrected chi connectivity index (χ2v) is 22.0. The van der Waals surface area contributed by atoms with Crippen molar-refractivity contribution in [2.75, 3.05) is 13.2 Å². The Morgan fingerprint density at radius 2 is 0.823 bits per heavy atom. The molecule has 0 radical (unpaired) electrons. The SMILES string of the molecule is CC/C=C\C/C=C\C/C=C\CCCCCCCCCC(=O)OCC(COC1OC(C(=O)O)C(O)C(O)C1OC(=O)CCCCCCCCCCCCCCCCCCCCC)OC(=O)CCCCCCC/C=C\C/C=C\CCC. The van der Waals surface area contributed by atoms with Gasteiger partial charge in [0.1, 0.15) is 18.8 Å². The average molecular weight is 1110 g/mol. The maximum Gasteiger partial charge on any atom is 0.335 e. The zero-order valence-electron chi connectivity index (χ0n) is 50.4. The first-order valence-corrected chi connectivity index (χ1v) is 32.3. The van der Waals surface area contributed by atoms with Crippen LogP contribution in [0.2, 0.25) is 0 Å². The molecular weight excluding hydrogens is 997 g/mol. The second-order valence-electron chi connectivity index (χ2n) is 22.0. The summed E-state index contributed by atoms with van der Waals surface area (Å²) < 4.78 is 28.5. The first kappa shape index (κ1) is 73.4. The predicted octanol–water partition coefficient (Wildman–Crippen LogP) is 17.1. The van der Waals surface area contributed by atoms with Crippen LogP contribution in [0.5, 0.6) is 0 Å². The standard InChI is InChI=1S/C67H116O12/c1-4-7-10-13-16-19-22-25-27-29-30-32-34-37-40-43-46-49-52-55-61(70)78-65-63(72)62(71)64(66(73)74)79-67(65)76-57-58(77-60(69)54-51-48-45-42-39-35-24-21-18-15-12-9-6-3)56-75-59(68)53-50-47-44-41-38-36-33-31-28-26-23-20-17-14-11-8-5-2/h8,11-12,15,17,20-21,24,26,28,58,62-65,67,71-72H,4-7,9-10,13-14,16,18-19,22-23,25,27,29-57H2,1-3H3,(H,73,74)/b11-8-,15-12-,20-17-,24-21-,28-26-. The minimum atomic E-state index is -1.91. The van der Waals surface area contributed by atoms with Crippen LogP contribution in [0.25, 0.3) is 0 Å². The van der Waals surface area contributed by atoms with Crippen molar-refractivity contribution in [3.63, 3.8) is 0 Å². The normalized spacial score (nSPS) is 18.2. The lowest BCUT2D eigenvalue weighted by Crippen LogP contribution is -2.61. The molecule has 456 valence electrons. The van der Waals surface area contributed by atoms with Crippen molar-refractivity contribution in [1.29, 1.82) is 0 Å². The van der Waals surface area contributed by atoms with Crippen LogP contribution in [0.15, 0.2) is 60.8 Å². The number of carbonyl (C=O) groups excluding carboxylic acids is 3. The fourth-order valence-electron chi connectivity index (χ4n) is 9.66. The average Bonchev–Trinajstić information content (AvgIpc) is 3.47. The lowest BCUT2D eigenvalue weighted by molar-refractivity contribution is -0.301. The van der Waals surface area contributed by atoms with Crippen molar-refractivity contribution in [2.45, 2.75) is 327 Å². The van der Waals surface area contributed by atoms with Crippen LogP contribution in [0.1, 0.15) is 290 Å². The number of rotatable bonds is 55. The number of aliphatic carboxylic acids is 1. The van der Waals surface area contributed by atoms with E-state index >= 15 is 0 Å². The van der Waals surface area contributed by atoms with Gasteiger partial charge in [-0.25, -0.2) is 4.79 Å². The third-order valence-electron chi connectivity index (χ3n) is 14.6. The minimum Gasteiger partial charge on any atom is -0.479 e. The van der Waals surface area contributed by atoms with Gasteiger partial charge in [0.15, 0.2) is 24.6 Å². The molecule has 0 saturated carbocycles. The number of hydrogen-bond donors (Lipinski definition) is 3. The summed E-state index contributed by atoms with van der Waals surface area (Å²) >= 11 is 0. The van der Waals surface area contributed by atoms with Gasteiger partial charge < -0.3 is 39.0 Å². The third-order valence-corrected chi connectivity index (χ3v) is 14.6. The van der Waals surface area contributed by atoms with Gasteiger partial charge in [-0.2, -0.15) is 0 Å². The molecule has 1 saturated heterocycles. The van der Waals surface area contributed by atoms with Crippen molar-refractivity contribution in [1.82, 2.24) is 0 Å². The van der Waals surface area contributed by atoms with E-state index in [1.54, 1.807) is 0 Å². The summed E-state index contributed by atoms with van der Waals surface area (Å²) in [7, 11) is 0. The third kappa shape index (κ3) is 44.7. The zero-order chi connectivity index (χ0) is 57.5. The van der Waals surface area contributed by atoms with E-state index in [1.165, 1.54) is 96.3 Å². The summed E-state index contributed by atoms with van der Waals surface area (Å²) in [4.78, 5) is 51.3. The Labute approximate surface area is 481 Å². The molecule has 1 aliphatic rings. The van der Waals surface area contributed by atoms with Gasteiger partial charge in [-0.3, -0.25) is 14.4 Å². The molecule has 1 rings (SSSR count). The number of aliphatic hydroxyl groups excluding tert-OH is 2. The van der Waals surface area contributed by atoms with Gasteiger partial charge >= 0.3 is 23.9 Å². The van der Waals surface area contributed by atoms with Crippen molar-refractivity contribution < 1.29 is 58.2 Å². The molecule has 79 heavy (non-hydrogen) atoms. The van der Waals surface area contributed by atoms with Crippen LogP contribution in [0.3, 0.4) is 0 Å². The number of carbonyl (C=O) groups is 4.